The third kappa shape index (κ3) is 1.98. The summed E-state index contributed by atoms with van der Waals surface area (Å²) >= 11 is 6.12. The van der Waals surface area contributed by atoms with Crippen molar-refractivity contribution in [3.63, 3.8) is 0 Å². The van der Waals surface area contributed by atoms with Crippen molar-refractivity contribution in [1.82, 2.24) is 4.98 Å². The maximum Gasteiger partial charge on any atom is 0.0891 e. The molecule has 2 heteroatoms. The van der Waals surface area contributed by atoms with Crippen LogP contribution in [0.25, 0.3) is 10.9 Å². The topological polar surface area (TPSA) is 12.9 Å². The largest absolute Gasteiger partial charge is 0.251 e. The molecule has 78 valence electrons. The van der Waals surface area contributed by atoms with Crippen LogP contribution in [0.2, 0.25) is 5.02 Å². The third-order valence-electron chi connectivity index (χ3n) is 2.44. The fraction of sp³-hybridized carbons (Fsp3) is 0.308. The number of benzene rings is 1. The van der Waals surface area contributed by atoms with Crippen molar-refractivity contribution in [2.24, 2.45) is 0 Å². The van der Waals surface area contributed by atoms with E-state index in [1.165, 1.54) is 0 Å². The molecule has 0 bridgehead atoms. The van der Waals surface area contributed by atoms with E-state index in [-0.39, 0.29) is 5.41 Å². The van der Waals surface area contributed by atoms with Crippen molar-refractivity contribution in [2.75, 3.05) is 0 Å². The van der Waals surface area contributed by atoms with E-state index >= 15 is 0 Å². The van der Waals surface area contributed by atoms with E-state index in [0.717, 1.165) is 21.6 Å². The van der Waals surface area contributed by atoms with E-state index in [1.807, 2.05) is 18.2 Å². The van der Waals surface area contributed by atoms with Crippen LogP contribution in [0.1, 0.15) is 26.5 Å². The van der Waals surface area contributed by atoms with Gasteiger partial charge in [-0.3, -0.25) is 4.98 Å². The van der Waals surface area contributed by atoms with Crippen LogP contribution in [0.15, 0.2) is 30.3 Å². The second-order valence-electron chi connectivity index (χ2n) is 4.76. The molecule has 0 saturated carbocycles. The standard InChI is InChI=1S/C13H14ClN/c1-13(2,3)11-8-7-9-5-4-6-10(14)12(9)15-11/h4-8H,1-3H3. The molecule has 2 rings (SSSR count). The van der Waals surface area contributed by atoms with E-state index in [0.29, 0.717) is 0 Å². The molecule has 0 N–H and O–H groups in total. The zero-order chi connectivity index (χ0) is 11.1. The third-order valence-corrected chi connectivity index (χ3v) is 2.74. The summed E-state index contributed by atoms with van der Waals surface area (Å²) < 4.78 is 0. The van der Waals surface area contributed by atoms with Gasteiger partial charge < -0.3 is 0 Å². The average molecular weight is 220 g/mol. The molecule has 0 radical (unpaired) electrons. The maximum atomic E-state index is 6.12. The predicted octanol–water partition coefficient (Wildman–Crippen LogP) is 4.19. The minimum Gasteiger partial charge on any atom is -0.251 e. The average Bonchev–Trinajstić information content (AvgIpc) is 2.16. The lowest BCUT2D eigenvalue weighted by atomic mass is 9.91. The minimum atomic E-state index is 0.0629. The van der Waals surface area contributed by atoms with Crippen LogP contribution >= 0.6 is 11.6 Å². The van der Waals surface area contributed by atoms with Crippen LogP contribution < -0.4 is 0 Å². The summed E-state index contributed by atoms with van der Waals surface area (Å²) in [4.78, 5) is 4.61. The van der Waals surface area contributed by atoms with E-state index in [2.05, 4.69) is 37.9 Å². The molecule has 0 atom stereocenters. The Morgan fingerprint density at radius 2 is 1.80 bits per heavy atom. The molecular formula is C13H14ClN. The summed E-state index contributed by atoms with van der Waals surface area (Å²) in [7, 11) is 0. The normalized spacial score (nSPS) is 12.0. The summed E-state index contributed by atoms with van der Waals surface area (Å²) in [6.45, 7) is 6.45. The molecule has 0 aliphatic rings. The summed E-state index contributed by atoms with van der Waals surface area (Å²) in [6.07, 6.45) is 0. The fourth-order valence-electron chi connectivity index (χ4n) is 1.53. The number of aromatic nitrogens is 1. The quantitative estimate of drug-likeness (QED) is 0.648. The van der Waals surface area contributed by atoms with E-state index in [9.17, 15) is 0 Å². The Balaban J connectivity index is 2.70. The van der Waals surface area contributed by atoms with Crippen molar-refractivity contribution in [3.8, 4) is 0 Å². The first kappa shape index (κ1) is 10.4. The smallest absolute Gasteiger partial charge is 0.0891 e. The van der Waals surface area contributed by atoms with Crippen LogP contribution in [0.4, 0.5) is 0 Å². The van der Waals surface area contributed by atoms with E-state index < -0.39 is 0 Å². The summed E-state index contributed by atoms with van der Waals surface area (Å²) in [5.41, 5.74) is 2.03. The van der Waals surface area contributed by atoms with Gasteiger partial charge >= 0.3 is 0 Å². The Labute approximate surface area is 95.1 Å². The zero-order valence-electron chi connectivity index (χ0n) is 9.21. The van der Waals surface area contributed by atoms with Gasteiger partial charge in [-0.05, 0) is 12.1 Å². The van der Waals surface area contributed by atoms with Gasteiger partial charge in [0.15, 0.2) is 0 Å². The van der Waals surface area contributed by atoms with Crippen LogP contribution in [-0.4, -0.2) is 4.98 Å². The SMILES string of the molecule is CC(C)(C)c1ccc2cccc(Cl)c2n1. The number of halogens is 1. The first-order chi connectivity index (χ1) is 6.98. The Hall–Kier alpha value is -1.08. The highest BCUT2D eigenvalue weighted by Crippen LogP contribution is 2.26. The van der Waals surface area contributed by atoms with Gasteiger partial charge in [0.2, 0.25) is 0 Å². The van der Waals surface area contributed by atoms with Crippen molar-refractivity contribution >= 4 is 22.5 Å². The number of rotatable bonds is 0. The summed E-state index contributed by atoms with van der Waals surface area (Å²) in [5.74, 6) is 0. The van der Waals surface area contributed by atoms with Gasteiger partial charge in [0.1, 0.15) is 0 Å². The molecule has 1 aromatic heterocycles. The number of para-hydroxylation sites is 1. The number of hydrogen-bond donors (Lipinski definition) is 0. The van der Waals surface area contributed by atoms with Gasteiger partial charge in [0.25, 0.3) is 0 Å². The lowest BCUT2D eigenvalue weighted by Gasteiger charge is -2.18. The van der Waals surface area contributed by atoms with Crippen molar-refractivity contribution in [2.45, 2.75) is 26.2 Å². The Morgan fingerprint density at radius 3 is 2.47 bits per heavy atom. The molecule has 0 unspecified atom stereocenters. The fourth-order valence-corrected chi connectivity index (χ4v) is 1.75. The molecule has 0 saturated heterocycles. The van der Waals surface area contributed by atoms with Gasteiger partial charge in [-0.1, -0.05) is 50.6 Å². The highest BCUT2D eigenvalue weighted by atomic mass is 35.5. The van der Waals surface area contributed by atoms with Gasteiger partial charge in [0, 0.05) is 16.5 Å². The number of fused-ring (bicyclic) bond motifs is 1. The van der Waals surface area contributed by atoms with Gasteiger partial charge in [0.05, 0.1) is 10.5 Å². The molecule has 2 aromatic rings. The summed E-state index contributed by atoms with van der Waals surface area (Å²) in [5, 5.41) is 1.81. The molecule has 0 fully saturated rings. The first-order valence-electron chi connectivity index (χ1n) is 5.04. The Morgan fingerprint density at radius 1 is 1.07 bits per heavy atom. The first-order valence-corrected chi connectivity index (χ1v) is 5.42. The molecule has 15 heavy (non-hydrogen) atoms. The second-order valence-corrected chi connectivity index (χ2v) is 5.17. The number of hydrogen-bond acceptors (Lipinski definition) is 1. The van der Waals surface area contributed by atoms with Crippen molar-refractivity contribution in [3.05, 3.63) is 41.0 Å². The Kier molecular flexibility index (Phi) is 2.43. The van der Waals surface area contributed by atoms with Crippen LogP contribution in [0.5, 0.6) is 0 Å². The lowest BCUT2D eigenvalue weighted by Crippen LogP contribution is -2.13. The summed E-state index contributed by atoms with van der Waals surface area (Å²) in [6, 6.07) is 10.0. The second kappa shape index (κ2) is 3.49. The highest BCUT2D eigenvalue weighted by molar-refractivity contribution is 6.35. The highest BCUT2D eigenvalue weighted by Gasteiger charge is 2.15. The molecule has 1 aromatic carbocycles. The van der Waals surface area contributed by atoms with Crippen LogP contribution in [-0.2, 0) is 5.41 Å². The maximum absolute atomic E-state index is 6.12. The molecule has 0 aliphatic carbocycles. The lowest BCUT2D eigenvalue weighted by molar-refractivity contribution is 0.571. The van der Waals surface area contributed by atoms with E-state index in [4.69, 9.17) is 11.6 Å². The zero-order valence-corrected chi connectivity index (χ0v) is 9.97. The van der Waals surface area contributed by atoms with Gasteiger partial charge in [-0.2, -0.15) is 0 Å². The van der Waals surface area contributed by atoms with E-state index in [1.54, 1.807) is 0 Å². The number of nitrogens with zero attached hydrogens (tertiary/aromatic N) is 1. The van der Waals surface area contributed by atoms with Crippen LogP contribution in [0, 0.1) is 0 Å². The monoisotopic (exact) mass is 219 g/mol. The van der Waals surface area contributed by atoms with Crippen molar-refractivity contribution < 1.29 is 0 Å². The minimum absolute atomic E-state index is 0.0629. The molecule has 1 nitrogen and oxygen atoms in total. The molecule has 0 spiro atoms. The molecular weight excluding hydrogens is 206 g/mol. The van der Waals surface area contributed by atoms with Gasteiger partial charge in [-0.25, -0.2) is 0 Å². The Bertz CT molecular complexity index is 497. The number of pyridine rings is 1. The molecule has 0 aliphatic heterocycles. The van der Waals surface area contributed by atoms with Crippen molar-refractivity contribution in [1.29, 1.82) is 0 Å². The molecule has 1 heterocycles. The van der Waals surface area contributed by atoms with Crippen LogP contribution in [0.3, 0.4) is 0 Å². The molecule has 0 amide bonds. The predicted molar refractivity (Wildman–Crippen MR) is 65.5 cm³/mol. The van der Waals surface area contributed by atoms with Gasteiger partial charge in [-0.15, -0.1) is 0 Å².